The first-order valence-electron chi connectivity index (χ1n) is 11.2. The number of nitrogens with one attached hydrogen (secondary N) is 2. The van der Waals surface area contributed by atoms with Crippen LogP contribution in [0.3, 0.4) is 0 Å². The number of likely N-dealkylation sites (N-methyl/N-ethyl adjacent to an activating group) is 1. The minimum atomic E-state index is -3.85. The highest BCUT2D eigenvalue weighted by Gasteiger charge is 2.65. The van der Waals surface area contributed by atoms with Crippen molar-refractivity contribution in [1.29, 1.82) is 0 Å². The second kappa shape index (κ2) is 8.57. The zero-order chi connectivity index (χ0) is 24.0. The third-order valence-electron chi connectivity index (χ3n) is 7.16. The van der Waals surface area contributed by atoms with Crippen molar-refractivity contribution in [2.24, 2.45) is 18.4 Å². The third-order valence-corrected chi connectivity index (χ3v) is 9.03. The van der Waals surface area contributed by atoms with E-state index in [4.69, 9.17) is 0 Å². The molecule has 2 amide bonds. The van der Waals surface area contributed by atoms with Gasteiger partial charge in [-0.2, -0.15) is 9.40 Å². The number of hydrogen-bond donors (Lipinski definition) is 2. The summed E-state index contributed by atoms with van der Waals surface area (Å²) in [5, 5.41) is 9.99. The molecule has 1 saturated carbocycles. The van der Waals surface area contributed by atoms with Crippen molar-refractivity contribution in [3.8, 4) is 0 Å². The zero-order valence-electron chi connectivity index (χ0n) is 19.5. The van der Waals surface area contributed by atoms with Crippen molar-refractivity contribution in [2.75, 3.05) is 20.1 Å². The van der Waals surface area contributed by atoms with E-state index in [-0.39, 0.29) is 29.2 Å². The molecule has 0 bridgehead atoms. The van der Waals surface area contributed by atoms with Crippen LogP contribution in [0.2, 0.25) is 0 Å². The first-order chi connectivity index (χ1) is 15.6. The second-order valence-electron chi connectivity index (χ2n) is 9.13. The first kappa shape index (κ1) is 23.4. The number of hydrogen-bond acceptors (Lipinski definition) is 5. The Bertz CT molecular complexity index is 1180. The van der Waals surface area contributed by atoms with Gasteiger partial charge in [0.15, 0.2) is 0 Å². The van der Waals surface area contributed by atoms with Crippen LogP contribution in [0.15, 0.2) is 35.2 Å². The molecule has 1 aromatic heterocycles. The number of aromatic nitrogens is 2. The summed E-state index contributed by atoms with van der Waals surface area (Å²) in [6, 6.07) is 7.30. The quantitative estimate of drug-likeness (QED) is 0.621. The molecule has 33 heavy (non-hydrogen) atoms. The lowest BCUT2D eigenvalue weighted by atomic mass is 9.99. The second-order valence-corrected chi connectivity index (χ2v) is 11.0. The van der Waals surface area contributed by atoms with Crippen molar-refractivity contribution in [3.05, 3.63) is 47.3 Å². The molecule has 2 heterocycles. The lowest BCUT2D eigenvalue weighted by molar-refractivity contribution is -0.124. The summed E-state index contributed by atoms with van der Waals surface area (Å²) in [5.74, 6) is -0.722. The third kappa shape index (κ3) is 4.17. The summed E-state index contributed by atoms with van der Waals surface area (Å²) in [4.78, 5) is 25.6. The Kier molecular flexibility index (Phi) is 6.09. The Balaban J connectivity index is 1.45. The lowest BCUT2D eigenvalue weighted by Crippen LogP contribution is -2.44. The van der Waals surface area contributed by atoms with Gasteiger partial charge in [-0.05, 0) is 56.2 Å². The van der Waals surface area contributed by atoms with Crippen LogP contribution >= 0.6 is 0 Å². The van der Waals surface area contributed by atoms with E-state index in [2.05, 4.69) is 15.7 Å². The maximum atomic E-state index is 13.3. The molecule has 1 aromatic carbocycles. The van der Waals surface area contributed by atoms with Gasteiger partial charge < -0.3 is 10.6 Å². The molecule has 1 spiro atoms. The Morgan fingerprint density at radius 2 is 1.85 bits per heavy atom. The standard InChI is InChI=1S/C23H31N5O4S/c1-15-18(16(2)27(4)26-15)10-11-25-21(29)19-12-23(19)13-20(22(30)24-3)28(14-23)33(31,32)17-8-6-5-7-9-17/h5-9,19-20H,10-14H2,1-4H3,(H,24,30)(H,25,29)/t19-,20+,23+/m1/s1. The summed E-state index contributed by atoms with van der Waals surface area (Å²) in [7, 11) is -0.452. The van der Waals surface area contributed by atoms with E-state index in [1.165, 1.54) is 23.5 Å². The molecule has 3 atom stereocenters. The number of rotatable bonds is 7. The maximum Gasteiger partial charge on any atom is 0.243 e. The monoisotopic (exact) mass is 473 g/mol. The van der Waals surface area contributed by atoms with Crippen molar-refractivity contribution in [3.63, 3.8) is 0 Å². The van der Waals surface area contributed by atoms with Gasteiger partial charge in [-0.1, -0.05) is 18.2 Å². The molecular weight excluding hydrogens is 442 g/mol. The molecule has 2 aromatic rings. The Hall–Kier alpha value is -2.72. The topological polar surface area (TPSA) is 113 Å². The predicted molar refractivity (Wildman–Crippen MR) is 123 cm³/mol. The minimum absolute atomic E-state index is 0.0798. The Morgan fingerprint density at radius 1 is 1.15 bits per heavy atom. The zero-order valence-corrected chi connectivity index (χ0v) is 20.3. The van der Waals surface area contributed by atoms with Crippen LogP contribution in [0.5, 0.6) is 0 Å². The lowest BCUT2D eigenvalue weighted by Gasteiger charge is -2.22. The van der Waals surface area contributed by atoms with Crippen molar-refractivity contribution in [2.45, 2.75) is 44.0 Å². The van der Waals surface area contributed by atoms with E-state index in [0.29, 0.717) is 25.8 Å². The molecule has 4 rings (SSSR count). The van der Waals surface area contributed by atoms with E-state index < -0.39 is 21.5 Å². The average molecular weight is 474 g/mol. The fraction of sp³-hybridized carbons (Fsp3) is 0.522. The highest BCUT2D eigenvalue weighted by atomic mass is 32.2. The van der Waals surface area contributed by atoms with Gasteiger partial charge in [0.05, 0.1) is 10.6 Å². The van der Waals surface area contributed by atoms with E-state index >= 15 is 0 Å². The molecule has 1 saturated heterocycles. The summed E-state index contributed by atoms with van der Waals surface area (Å²) >= 11 is 0. The van der Waals surface area contributed by atoms with Crippen molar-refractivity contribution >= 4 is 21.8 Å². The average Bonchev–Trinajstić information content (AvgIpc) is 3.27. The van der Waals surface area contributed by atoms with E-state index in [9.17, 15) is 18.0 Å². The molecule has 0 unspecified atom stereocenters. The fourth-order valence-corrected chi connectivity index (χ4v) is 6.78. The van der Waals surface area contributed by atoms with Crippen LogP contribution < -0.4 is 10.6 Å². The van der Waals surface area contributed by atoms with Crippen molar-refractivity contribution < 1.29 is 18.0 Å². The summed E-state index contributed by atoms with van der Waals surface area (Å²) in [5.41, 5.74) is 2.67. The Morgan fingerprint density at radius 3 is 2.45 bits per heavy atom. The van der Waals surface area contributed by atoms with Gasteiger partial charge in [0.2, 0.25) is 21.8 Å². The largest absolute Gasteiger partial charge is 0.358 e. The van der Waals surface area contributed by atoms with Crippen LogP contribution in [0.25, 0.3) is 0 Å². The fourth-order valence-electron chi connectivity index (χ4n) is 5.07. The molecule has 2 fully saturated rings. The molecule has 2 N–H and O–H groups in total. The molecule has 1 aliphatic heterocycles. The molecule has 1 aliphatic carbocycles. The van der Waals surface area contributed by atoms with Crippen LogP contribution in [0.1, 0.15) is 29.8 Å². The summed E-state index contributed by atoms with van der Waals surface area (Å²) < 4.78 is 29.7. The minimum Gasteiger partial charge on any atom is -0.358 e. The van der Waals surface area contributed by atoms with Crippen LogP contribution in [-0.4, -0.2) is 60.5 Å². The number of amides is 2. The first-order valence-corrected chi connectivity index (χ1v) is 12.6. The van der Waals surface area contributed by atoms with Crippen molar-refractivity contribution in [1.82, 2.24) is 24.7 Å². The highest BCUT2D eigenvalue weighted by molar-refractivity contribution is 7.89. The molecule has 178 valence electrons. The van der Waals surface area contributed by atoms with E-state index in [0.717, 1.165) is 17.0 Å². The molecule has 10 heteroatoms. The summed E-state index contributed by atoms with van der Waals surface area (Å²) in [6.07, 6.45) is 1.61. The predicted octanol–water partition coefficient (Wildman–Crippen LogP) is 0.911. The van der Waals surface area contributed by atoms with Gasteiger partial charge in [-0.25, -0.2) is 8.42 Å². The molecular formula is C23H31N5O4S. The Labute approximate surface area is 194 Å². The molecule has 2 aliphatic rings. The molecule has 9 nitrogen and oxygen atoms in total. The number of carbonyl (C=O) groups excluding carboxylic acids is 2. The van der Waals surface area contributed by atoms with Gasteiger partial charge in [0, 0.05) is 38.8 Å². The number of carbonyl (C=O) groups is 2. The van der Waals surface area contributed by atoms with Gasteiger partial charge in [0.25, 0.3) is 0 Å². The number of benzene rings is 1. The van der Waals surface area contributed by atoms with Gasteiger partial charge in [-0.15, -0.1) is 0 Å². The highest BCUT2D eigenvalue weighted by Crippen LogP contribution is 2.60. The number of sulfonamides is 1. The van der Waals surface area contributed by atoms with Crippen LogP contribution in [-0.2, 0) is 33.1 Å². The normalized spacial score (nSPS) is 24.7. The summed E-state index contributed by atoms with van der Waals surface area (Å²) in [6.45, 7) is 4.62. The maximum absolute atomic E-state index is 13.3. The van der Waals surface area contributed by atoms with Crippen LogP contribution in [0.4, 0.5) is 0 Å². The number of nitrogens with zero attached hydrogens (tertiary/aromatic N) is 3. The smallest absolute Gasteiger partial charge is 0.243 e. The SMILES string of the molecule is CNC(=O)[C@@H]1C[C@@]2(C[C@@H]2C(=O)NCCc2c(C)nn(C)c2C)CN1S(=O)(=O)c1ccccc1. The van der Waals surface area contributed by atoms with Crippen LogP contribution in [0, 0.1) is 25.2 Å². The number of aryl methyl sites for hydroxylation is 2. The van der Waals surface area contributed by atoms with E-state index in [1.54, 1.807) is 18.2 Å². The van der Waals surface area contributed by atoms with Gasteiger partial charge >= 0.3 is 0 Å². The van der Waals surface area contributed by atoms with E-state index in [1.807, 2.05) is 25.6 Å². The molecule has 0 radical (unpaired) electrons. The van der Waals surface area contributed by atoms with Gasteiger partial charge in [0.1, 0.15) is 6.04 Å². The van der Waals surface area contributed by atoms with Gasteiger partial charge in [-0.3, -0.25) is 14.3 Å².